The summed E-state index contributed by atoms with van der Waals surface area (Å²) >= 11 is 0. The van der Waals surface area contributed by atoms with Crippen LogP contribution in [-0.2, 0) is 0 Å². The van der Waals surface area contributed by atoms with E-state index in [-0.39, 0.29) is 16.9 Å². The largest absolute Gasteiger partial charge is 0.265 e. The SMILES string of the molecule is C[C@H](CCC[N+](=O)[O-])C(C)(C)C. The molecule has 0 fully saturated rings. The van der Waals surface area contributed by atoms with E-state index in [9.17, 15) is 10.1 Å². The van der Waals surface area contributed by atoms with Crippen molar-refractivity contribution < 1.29 is 4.92 Å². The van der Waals surface area contributed by atoms with Gasteiger partial charge in [-0.1, -0.05) is 27.7 Å². The van der Waals surface area contributed by atoms with Crippen molar-refractivity contribution in [2.45, 2.75) is 40.5 Å². The third-order valence-electron chi connectivity index (χ3n) is 2.46. The highest BCUT2D eigenvalue weighted by Gasteiger charge is 2.19. The minimum absolute atomic E-state index is 0.112. The molecule has 1 atom stereocenters. The fourth-order valence-electron chi connectivity index (χ4n) is 0.960. The lowest BCUT2D eigenvalue weighted by molar-refractivity contribution is -0.480. The molecule has 0 bridgehead atoms. The second kappa shape index (κ2) is 4.43. The quantitative estimate of drug-likeness (QED) is 0.484. The Hall–Kier alpha value is -0.600. The molecule has 0 spiro atoms. The third kappa shape index (κ3) is 5.10. The van der Waals surface area contributed by atoms with Crippen molar-refractivity contribution in [3.05, 3.63) is 10.1 Å². The number of hydrogen-bond donors (Lipinski definition) is 0. The van der Waals surface area contributed by atoms with Crippen LogP contribution < -0.4 is 0 Å². The zero-order valence-corrected chi connectivity index (χ0v) is 8.46. The third-order valence-corrected chi connectivity index (χ3v) is 2.46. The number of hydrogen-bond acceptors (Lipinski definition) is 2. The summed E-state index contributed by atoms with van der Waals surface area (Å²) in [5.41, 5.74) is 0.274. The van der Waals surface area contributed by atoms with Gasteiger partial charge in [0.15, 0.2) is 0 Å². The van der Waals surface area contributed by atoms with Crippen molar-refractivity contribution in [3.63, 3.8) is 0 Å². The van der Waals surface area contributed by atoms with E-state index in [0.717, 1.165) is 6.42 Å². The molecule has 0 N–H and O–H groups in total. The van der Waals surface area contributed by atoms with Gasteiger partial charge in [-0.25, -0.2) is 0 Å². The summed E-state index contributed by atoms with van der Waals surface area (Å²) in [6, 6.07) is 0. The molecule has 0 aliphatic rings. The van der Waals surface area contributed by atoms with Gasteiger partial charge in [0.25, 0.3) is 0 Å². The Morgan fingerprint density at radius 2 is 1.92 bits per heavy atom. The van der Waals surface area contributed by atoms with Crippen LogP contribution in [0.4, 0.5) is 0 Å². The Kier molecular flexibility index (Phi) is 4.21. The Bertz CT molecular complexity index is 149. The normalized spacial score (nSPS) is 14.3. The molecule has 72 valence electrons. The zero-order chi connectivity index (χ0) is 9.78. The van der Waals surface area contributed by atoms with Crippen LogP contribution in [0, 0.1) is 21.4 Å². The maximum Gasteiger partial charge on any atom is 0.203 e. The summed E-state index contributed by atoms with van der Waals surface area (Å²) in [4.78, 5) is 9.80. The van der Waals surface area contributed by atoms with Crippen LogP contribution in [0.15, 0.2) is 0 Å². The first-order valence-electron chi connectivity index (χ1n) is 4.46. The highest BCUT2D eigenvalue weighted by atomic mass is 16.6. The van der Waals surface area contributed by atoms with Gasteiger partial charge in [0.05, 0.1) is 0 Å². The van der Waals surface area contributed by atoms with Crippen LogP contribution in [0.3, 0.4) is 0 Å². The molecular formula is C9H19NO2. The molecule has 0 saturated carbocycles. The summed E-state index contributed by atoms with van der Waals surface area (Å²) in [6.45, 7) is 8.78. The Morgan fingerprint density at radius 1 is 1.42 bits per heavy atom. The minimum atomic E-state index is -0.241. The smallest absolute Gasteiger partial charge is 0.203 e. The van der Waals surface area contributed by atoms with Gasteiger partial charge in [0, 0.05) is 11.3 Å². The minimum Gasteiger partial charge on any atom is -0.265 e. The molecule has 0 aliphatic carbocycles. The summed E-state index contributed by atoms with van der Waals surface area (Å²) < 4.78 is 0. The summed E-state index contributed by atoms with van der Waals surface area (Å²) in [5.74, 6) is 0.553. The van der Waals surface area contributed by atoms with Gasteiger partial charge in [-0.15, -0.1) is 0 Å². The van der Waals surface area contributed by atoms with Crippen LogP contribution in [0.5, 0.6) is 0 Å². The van der Waals surface area contributed by atoms with E-state index in [2.05, 4.69) is 27.7 Å². The van der Waals surface area contributed by atoms with E-state index in [1.54, 1.807) is 0 Å². The van der Waals surface area contributed by atoms with Crippen molar-refractivity contribution >= 4 is 0 Å². The van der Waals surface area contributed by atoms with Crippen molar-refractivity contribution in [2.24, 2.45) is 11.3 Å². The van der Waals surface area contributed by atoms with E-state index < -0.39 is 0 Å². The van der Waals surface area contributed by atoms with E-state index >= 15 is 0 Å². The van der Waals surface area contributed by atoms with Gasteiger partial charge in [-0.2, -0.15) is 0 Å². The van der Waals surface area contributed by atoms with Crippen molar-refractivity contribution in [2.75, 3.05) is 6.54 Å². The number of nitro groups is 1. The summed E-state index contributed by atoms with van der Waals surface area (Å²) in [5, 5.41) is 10.0. The second-order valence-electron chi connectivity index (χ2n) is 4.47. The predicted octanol–water partition coefficient (Wildman–Crippen LogP) is 2.73. The molecule has 0 aromatic heterocycles. The number of nitrogens with zero attached hydrogens (tertiary/aromatic N) is 1. The van der Waals surface area contributed by atoms with Crippen LogP contribution >= 0.6 is 0 Å². The van der Waals surface area contributed by atoms with Gasteiger partial charge in [0.1, 0.15) is 0 Å². The van der Waals surface area contributed by atoms with Crippen LogP contribution in [0.2, 0.25) is 0 Å². The highest BCUT2D eigenvalue weighted by Crippen LogP contribution is 2.28. The maximum absolute atomic E-state index is 10.0. The molecule has 0 unspecified atom stereocenters. The summed E-state index contributed by atoms with van der Waals surface area (Å²) in [6.07, 6.45) is 1.65. The van der Waals surface area contributed by atoms with Gasteiger partial charge < -0.3 is 0 Å². The molecule has 0 saturated heterocycles. The van der Waals surface area contributed by atoms with Crippen molar-refractivity contribution in [3.8, 4) is 0 Å². The topological polar surface area (TPSA) is 43.1 Å². The molecule has 3 heteroatoms. The average Bonchev–Trinajstić information content (AvgIpc) is 1.84. The van der Waals surface area contributed by atoms with E-state index in [4.69, 9.17) is 0 Å². The predicted molar refractivity (Wildman–Crippen MR) is 49.7 cm³/mol. The standard InChI is InChI=1S/C9H19NO2/c1-8(9(2,3)4)6-5-7-10(11)12/h8H,5-7H2,1-4H3/t8-/m1/s1. The monoisotopic (exact) mass is 173 g/mol. The lowest BCUT2D eigenvalue weighted by Crippen LogP contribution is -2.18. The van der Waals surface area contributed by atoms with Gasteiger partial charge >= 0.3 is 0 Å². The van der Waals surface area contributed by atoms with E-state index in [1.165, 1.54) is 0 Å². The Labute approximate surface area is 74.3 Å². The lowest BCUT2D eigenvalue weighted by atomic mass is 9.79. The van der Waals surface area contributed by atoms with Crippen LogP contribution in [0.25, 0.3) is 0 Å². The molecule has 3 nitrogen and oxygen atoms in total. The molecule has 0 aromatic carbocycles. The highest BCUT2D eigenvalue weighted by molar-refractivity contribution is 4.69. The van der Waals surface area contributed by atoms with Crippen molar-refractivity contribution in [1.29, 1.82) is 0 Å². The van der Waals surface area contributed by atoms with Crippen LogP contribution in [-0.4, -0.2) is 11.5 Å². The van der Waals surface area contributed by atoms with Crippen molar-refractivity contribution in [1.82, 2.24) is 0 Å². The molecule has 0 amide bonds. The summed E-state index contributed by atoms with van der Waals surface area (Å²) in [7, 11) is 0. The molecular weight excluding hydrogens is 154 g/mol. The molecule has 0 radical (unpaired) electrons. The molecule has 12 heavy (non-hydrogen) atoms. The Balaban J connectivity index is 3.58. The lowest BCUT2D eigenvalue weighted by Gasteiger charge is -2.26. The van der Waals surface area contributed by atoms with E-state index in [0.29, 0.717) is 12.3 Å². The maximum atomic E-state index is 10.0. The Morgan fingerprint density at radius 3 is 2.25 bits per heavy atom. The second-order valence-corrected chi connectivity index (χ2v) is 4.47. The van der Waals surface area contributed by atoms with Gasteiger partial charge in [-0.3, -0.25) is 10.1 Å². The fraction of sp³-hybridized carbons (Fsp3) is 1.00. The first-order chi connectivity index (χ1) is 5.34. The average molecular weight is 173 g/mol. The zero-order valence-electron chi connectivity index (χ0n) is 8.46. The molecule has 0 aromatic rings. The molecule has 0 aliphatic heterocycles. The van der Waals surface area contributed by atoms with Gasteiger partial charge in [0.2, 0.25) is 6.54 Å². The van der Waals surface area contributed by atoms with Gasteiger partial charge in [-0.05, 0) is 17.8 Å². The number of rotatable bonds is 4. The first kappa shape index (κ1) is 11.4. The molecule has 0 heterocycles. The van der Waals surface area contributed by atoms with E-state index in [1.807, 2.05) is 0 Å². The first-order valence-corrected chi connectivity index (χ1v) is 4.46. The van der Waals surface area contributed by atoms with Crippen LogP contribution in [0.1, 0.15) is 40.5 Å². The molecule has 0 rings (SSSR count). The fourth-order valence-corrected chi connectivity index (χ4v) is 0.960.